The summed E-state index contributed by atoms with van der Waals surface area (Å²) in [6, 6.07) is 8.10. The van der Waals surface area contributed by atoms with Crippen LogP contribution in [0.25, 0.3) is 0 Å². The Morgan fingerprint density at radius 2 is 1.81 bits per heavy atom. The molecule has 1 aromatic rings. The van der Waals surface area contributed by atoms with Crippen LogP contribution in [-0.2, 0) is 40.2 Å². The average Bonchev–Trinajstić information content (AvgIpc) is 3.57. The Balaban J connectivity index is 1.52. The summed E-state index contributed by atoms with van der Waals surface area (Å²) >= 11 is 0. The molecule has 7 nitrogen and oxygen atoms in total. The van der Waals surface area contributed by atoms with Crippen LogP contribution in [0.2, 0.25) is 18.6 Å². The Kier molecular flexibility index (Phi) is 9.54. The van der Waals surface area contributed by atoms with Gasteiger partial charge in [0, 0.05) is 44.1 Å². The van der Waals surface area contributed by atoms with Crippen molar-refractivity contribution in [1.82, 2.24) is 0 Å². The zero-order chi connectivity index (χ0) is 22.2. The lowest BCUT2D eigenvalue weighted by atomic mass is 10.1. The molecule has 1 fully saturated rings. The summed E-state index contributed by atoms with van der Waals surface area (Å²) < 4.78 is 41.3. The molecule has 0 radical (unpaired) electrons. The Labute approximate surface area is 188 Å². The molecule has 0 amide bonds. The summed E-state index contributed by atoms with van der Waals surface area (Å²) in [5, 5.41) is 0. The van der Waals surface area contributed by atoms with Gasteiger partial charge in [0.15, 0.2) is 0 Å². The maximum absolute atomic E-state index is 6.35. The predicted molar refractivity (Wildman–Crippen MR) is 123 cm³/mol. The highest BCUT2D eigenvalue weighted by Gasteiger charge is 2.40. The number of aryl methyl sites for hydroxylation is 1. The van der Waals surface area contributed by atoms with Crippen LogP contribution in [-0.4, -0.2) is 63.1 Å². The molecule has 0 spiro atoms. The largest absolute Gasteiger partial charge is 0.520 e. The molecule has 2 unspecified atom stereocenters. The fraction of sp³-hybridized carbons (Fsp3) is 0.727. The highest BCUT2D eigenvalue weighted by Crippen LogP contribution is 2.33. The van der Waals surface area contributed by atoms with Crippen LogP contribution in [0.5, 0.6) is 5.75 Å². The standard InChI is InChI=1S/C22H38O7Si2/c1-5-25-31(26-6-2,27-7-3)14-11-19-9-10-22-20(15-19)16-28-30(4,29-22)13-8-12-23-17-21-18-24-21/h9-10,15,21H,5-8,11-14,16-18H2,1-4H3. The topological polar surface area (TPSA) is 67.9 Å². The average molecular weight is 471 g/mol. The second kappa shape index (κ2) is 11.9. The minimum absolute atomic E-state index is 0.319. The summed E-state index contributed by atoms with van der Waals surface area (Å²) in [5.41, 5.74) is 2.34. The second-order valence-corrected chi connectivity index (χ2v) is 14.1. The van der Waals surface area contributed by atoms with Gasteiger partial charge in [-0.1, -0.05) is 6.07 Å². The van der Waals surface area contributed by atoms with Gasteiger partial charge in [0.2, 0.25) is 0 Å². The number of ether oxygens (including phenoxy) is 2. The van der Waals surface area contributed by atoms with E-state index in [1.807, 2.05) is 20.8 Å². The van der Waals surface area contributed by atoms with Crippen molar-refractivity contribution in [2.24, 2.45) is 0 Å². The van der Waals surface area contributed by atoms with Crippen LogP contribution < -0.4 is 4.43 Å². The van der Waals surface area contributed by atoms with E-state index < -0.39 is 17.4 Å². The molecule has 2 heterocycles. The molecule has 2 aliphatic heterocycles. The Morgan fingerprint density at radius 3 is 2.45 bits per heavy atom. The van der Waals surface area contributed by atoms with Crippen LogP contribution in [0.15, 0.2) is 18.2 Å². The summed E-state index contributed by atoms with van der Waals surface area (Å²) in [4.78, 5) is 0. The van der Waals surface area contributed by atoms with E-state index in [0.29, 0.717) is 39.1 Å². The maximum atomic E-state index is 6.35. The van der Waals surface area contributed by atoms with Crippen molar-refractivity contribution in [2.75, 3.05) is 39.6 Å². The molecular formula is C22H38O7Si2. The molecule has 0 saturated carbocycles. The van der Waals surface area contributed by atoms with Crippen LogP contribution in [0.3, 0.4) is 0 Å². The Morgan fingerprint density at radius 1 is 1.10 bits per heavy atom. The molecule has 3 rings (SSSR count). The molecule has 1 saturated heterocycles. The molecule has 1 aromatic carbocycles. The first kappa shape index (κ1) is 24.8. The number of fused-ring (bicyclic) bond motifs is 1. The fourth-order valence-corrected chi connectivity index (χ4v) is 8.60. The molecule has 176 valence electrons. The molecular weight excluding hydrogens is 432 g/mol. The summed E-state index contributed by atoms with van der Waals surface area (Å²) in [5.74, 6) is 0.958. The van der Waals surface area contributed by atoms with E-state index in [9.17, 15) is 0 Å². The molecule has 2 aliphatic rings. The number of hydrogen-bond donors (Lipinski definition) is 0. The monoisotopic (exact) mass is 470 g/mol. The van der Waals surface area contributed by atoms with Crippen LogP contribution in [0.1, 0.15) is 38.3 Å². The third-order valence-electron chi connectivity index (χ3n) is 5.42. The molecule has 0 bridgehead atoms. The van der Waals surface area contributed by atoms with Crippen LogP contribution in [0, 0.1) is 0 Å². The van der Waals surface area contributed by atoms with E-state index in [2.05, 4.69) is 24.7 Å². The second-order valence-electron chi connectivity index (χ2n) is 8.08. The van der Waals surface area contributed by atoms with E-state index in [1.165, 1.54) is 5.56 Å². The summed E-state index contributed by atoms with van der Waals surface area (Å²) in [6.07, 6.45) is 2.11. The van der Waals surface area contributed by atoms with Crippen molar-refractivity contribution in [3.8, 4) is 5.75 Å². The lowest BCUT2D eigenvalue weighted by Gasteiger charge is -2.33. The SMILES string of the molecule is CCO[Si](CCc1ccc2c(c1)CO[Si](C)(CCCOCC1CO1)O2)(OCC)OCC. The van der Waals surface area contributed by atoms with Gasteiger partial charge in [-0.3, -0.25) is 0 Å². The predicted octanol–water partition coefficient (Wildman–Crippen LogP) is 4.06. The first-order valence-corrected chi connectivity index (χ1v) is 16.0. The number of hydrogen-bond acceptors (Lipinski definition) is 7. The third kappa shape index (κ3) is 7.64. The van der Waals surface area contributed by atoms with Gasteiger partial charge in [-0.2, -0.15) is 0 Å². The van der Waals surface area contributed by atoms with E-state index in [4.69, 9.17) is 31.6 Å². The van der Waals surface area contributed by atoms with Crippen molar-refractivity contribution in [1.29, 1.82) is 0 Å². The van der Waals surface area contributed by atoms with Crippen molar-refractivity contribution in [3.63, 3.8) is 0 Å². The molecule has 0 N–H and O–H groups in total. The van der Waals surface area contributed by atoms with E-state index in [1.54, 1.807) is 0 Å². The van der Waals surface area contributed by atoms with Gasteiger partial charge >= 0.3 is 17.4 Å². The van der Waals surface area contributed by atoms with Gasteiger partial charge in [0.25, 0.3) is 0 Å². The molecule has 2 atom stereocenters. The first-order valence-electron chi connectivity index (χ1n) is 11.6. The van der Waals surface area contributed by atoms with Gasteiger partial charge in [-0.25, -0.2) is 0 Å². The Bertz CT molecular complexity index is 669. The summed E-state index contributed by atoms with van der Waals surface area (Å²) in [6.45, 7) is 12.8. The van der Waals surface area contributed by atoms with Crippen molar-refractivity contribution in [3.05, 3.63) is 29.3 Å². The first-order chi connectivity index (χ1) is 15.0. The minimum atomic E-state index is -2.64. The number of epoxide rings is 1. The Hall–Kier alpha value is -0.786. The molecule has 0 aliphatic carbocycles. The van der Waals surface area contributed by atoms with Gasteiger partial charge in [0.1, 0.15) is 11.9 Å². The van der Waals surface area contributed by atoms with E-state index in [0.717, 1.165) is 49.5 Å². The number of benzene rings is 1. The van der Waals surface area contributed by atoms with Gasteiger partial charge < -0.3 is 31.6 Å². The fourth-order valence-electron chi connectivity index (χ4n) is 3.79. The highest BCUT2D eigenvalue weighted by atomic mass is 28.4. The van der Waals surface area contributed by atoms with Crippen molar-refractivity contribution < 1.29 is 31.6 Å². The van der Waals surface area contributed by atoms with Gasteiger partial charge in [-0.15, -0.1) is 0 Å². The maximum Gasteiger partial charge on any atom is 0.501 e. The lowest BCUT2D eigenvalue weighted by molar-refractivity contribution is 0.0714. The van der Waals surface area contributed by atoms with Gasteiger partial charge in [-0.05, 0) is 57.9 Å². The van der Waals surface area contributed by atoms with E-state index in [-0.39, 0.29) is 0 Å². The lowest BCUT2D eigenvalue weighted by Crippen LogP contribution is -2.46. The van der Waals surface area contributed by atoms with Crippen LogP contribution in [0.4, 0.5) is 0 Å². The van der Waals surface area contributed by atoms with Crippen molar-refractivity contribution >= 4 is 17.4 Å². The zero-order valence-corrected chi connectivity index (χ0v) is 21.4. The smallest absolute Gasteiger partial charge is 0.501 e. The quantitative estimate of drug-likeness (QED) is 0.217. The molecule has 31 heavy (non-hydrogen) atoms. The zero-order valence-electron chi connectivity index (χ0n) is 19.4. The highest BCUT2D eigenvalue weighted by molar-refractivity contribution is 6.67. The summed E-state index contributed by atoms with van der Waals surface area (Å²) in [7, 11) is -4.85. The third-order valence-corrected chi connectivity index (χ3v) is 11.1. The van der Waals surface area contributed by atoms with Gasteiger partial charge in [0.05, 0.1) is 19.8 Å². The molecule has 0 aromatic heterocycles. The molecule has 9 heteroatoms. The number of rotatable bonds is 15. The normalized spacial score (nSPS) is 22.8. The van der Waals surface area contributed by atoms with Crippen LogP contribution >= 0.6 is 0 Å². The van der Waals surface area contributed by atoms with E-state index >= 15 is 0 Å². The van der Waals surface area contributed by atoms with Crippen molar-refractivity contribution in [2.45, 2.75) is 65.0 Å². The minimum Gasteiger partial charge on any atom is -0.520 e.